The maximum atomic E-state index is 13.7. The van der Waals surface area contributed by atoms with Crippen LogP contribution in [0.4, 0.5) is 20.9 Å². The number of thiazole rings is 1. The van der Waals surface area contributed by atoms with Gasteiger partial charge in [0, 0.05) is 22.0 Å². The van der Waals surface area contributed by atoms with Crippen LogP contribution in [0, 0.1) is 12.7 Å². The van der Waals surface area contributed by atoms with Crippen molar-refractivity contribution >= 4 is 67.4 Å². The summed E-state index contributed by atoms with van der Waals surface area (Å²) < 4.78 is 20.0. The number of rotatable bonds is 8. The summed E-state index contributed by atoms with van der Waals surface area (Å²) in [5.41, 5.74) is 3.54. The van der Waals surface area contributed by atoms with Gasteiger partial charge in [-0.1, -0.05) is 53.3 Å². The summed E-state index contributed by atoms with van der Waals surface area (Å²) in [4.78, 5) is 45.4. The molecule has 2 unspecified atom stereocenters. The van der Waals surface area contributed by atoms with Crippen LogP contribution in [0.1, 0.15) is 21.5 Å². The monoisotopic (exact) mass is 614 g/mol. The maximum absolute atomic E-state index is 13.7. The molecule has 2 heterocycles. The topological polar surface area (TPSA) is 104 Å². The van der Waals surface area contributed by atoms with E-state index < -0.39 is 29.8 Å². The number of carbonyl (C=O) groups is 3. The molecule has 4 aromatic carbocycles. The highest BCUT2D eigenvalue weighted by atomic mass is 35.5. The summed E-state index contributed by atoms with van der Waals surface area (Å²) in [6.07, 6.45) is -2.00. The van der Waals surface area contributed by atoms with E-state index in [0.29, 0.717) is 38.2 Å². The van der Waals surface area contributed by atoms with E-state index in [2.05, 4.69) is 15.6 Å². The molecular weight excluding hydrogens is 591 g/mol. The highest BCUT2D eigenvalue weighted by molar-refractivity contribution is 7.22. The molecule has 216 valence electrons. The molecule has 0 spiro atoms. The number of nitrogens with zero attached hydrogens (tertiary/aromatic N) is 2. The molecule has 0 saturated carbocycles. The van der Waals surface area contributed by atoms with Gasteiger partial charge >= 0.3 is 0 Å². The minimum absolute atomic E-state index is 0.0952. The first-order valence-electron chi connectivity index (χ1n) is 13.3. The first-order valence-corrected chi connectivity index (χ1v) is 14.5. The Morgan fingerprint density at radius 3 is 2.42 bits per heavy atom. The number of anilines is 3. The molecule has 2 atom stereocenters. The van der Waals surface area contributed by atoms with E-state index in [4.69, 9.17) is 16.3 Å². The van der Waals surface area contributed by atoms with E-state index in [1.165, 1.54) is 28.4 Å². The lowest BCUT2D eigenvalue weighted by Crippen LogP contribution is -2.36. The van der Waals surface area contributed by atoms with Crippen LogP contribution in [0.25, 0.3) is 10.2 Å². The standard InChI is InChI=1S/C32H24ClFN4O4S/c1-18-23(33)5-4-7-24(18)35-30(40)27-28(42-27)31(41)38(17-19-9-13-21(34)14-10-19)22-15-11-20(12-16-22)29(39)37-32-36-25-6-2-3-8-26(25)43-32/h2-16,27-28H,17H2,1H3,(H,35,40)(H,36,37,39). The second-order valence-electron chi connectivity index (χ2n) is 9.92. The smallest absolute Gasteiger partial charge is 0.259 e. The van der Waals surface area contributed by atoms with Crippen LogP contribution < -0.4 is 15.5 Å². The molecule has 1 aromatic heterocycles. The Bertz CT molecular complexity index is 1810. The minimum Gasteiger partial charge on any atom is -0.349 e. The third-order valence-corrected chi connectivity index (χ3v) is 8.36. The molecule has 43 heavy (non-hydrogen) atoms. The van der Waals surface area contributed by atoms with Crippen LogP contribution in [0.15, 0.2) is 91.0 Å². The Morgan fingerprint density at radius 2 is 1.67 bits per heavy atom. The van der Waals surface area contributed by atoms with Gasteiger partial charge in [0.05, 0.1) is 16.8 Å². The predicted octanol–water partition coefficient (Wildman–Crippen LogP) is 6.59. The number of epoxide rings is 1. The first-order chi connectivity index (χ1) is 20.8. The number of nitrogens with one attached hydrogen (secondary N) is 2. The lowest BCUT2D eigenvalue weighted by molar-refractivity contribution is -0.120. The van der Waals surface area contributed by atoms with Crippen molar-refractivity contribution in [2.24, 2.45) is 0 Å². The molecule has 8 nitrogen and oxygen atoms in total. The normalized spacial score (nSPS) is 15.6. The second-order valence-corrected chi connectivity index (χ2v) is 11.4. The number of para-hydroxylation sites is 1. The van der Waals surface area contributed by atoms with Crippen molar-refractivity contribution in [2.75, 3.05) is 15.5 Å². The molecule has 0 radical (unpaired) electrons. The highest BCUT2D eigenvalue weighted by Crippen LogP contribution is 2.31. The molecule has 3 amide bonds. The Balaban J connectivity index is 1.19. The number of carbonyl (C=O) groups excluding carboxylic acids is 3. The molecule has 1 aliphatic rings. The fraction of sp³-hybridized carbons (Fsp3) is 0.125. The van der Waals surface area contributed by atoms with Crippen molar-refractivity contribution in [3.63, 3.8) is 0 Å². The lowest BCUT2D eigenvalue weighted by Gasteiger charge is -2.23. The molecule has 1 saturated heterocycles. The predicted molar refractivity (Wildman–Crippen MR) is 165 cm³/mol. The van der Waals surface area contributed by atoms with Crippen LogP contribution in [0.5, 0.6) is 0 Å². The summed E-state index contributed by atoms with van der Waals surface area (Å²) in [5, 5.41) is 6.57. The van der Waals surface area contributed by atoms with Crippen molar-refractivity contribution in [1.29, 1.82) is 0 Å². The van der Waals surface area contributed by atoms with E-state index in [1.54, 1.807) is 61.5 Å². The molecule has 0 aliphatic carbocycles. The maximum Gasteiger partial charge on any atom is 0.259 e. The molecule has 5 aromatic rings. The Hall–Kier alpha value is -4.64. The molecule has 11 heteroatoms. The van der Waals surface area contributed by atoms with Gasteiger partial charge in [0.1, 0.15) is 5.82 Å². The molecule has 0 bridgehead atoms. The number of halogens is 2. The van der Waals surface area contributed by atoms with E-state index in [0.717, 1.165) is 10.2 Å². The average Bonchev–Trinajstić information content (AvgIpc) is 3.71. The zero-order valence-electron chi connectivity index (χ0n) is 22.7. The number of amides is 3. The lowest BCUT2D eigenvalue weighted by atomic mass is 10.1. The first kappa shape index (κ1) is 28.5. The summed E-state index contributed by atoms with van der Waals surface area (Å²) in [7, 11) is 0. The molecule has 6 rings (SSSR count). The Kier molecular flexibility index (Phi) is 7.90. The highest BCUT2D eigenvalue weighted by Gasteiger charge is 2.52. The van der Waals surface area contributed by atoms with Crippen LogP contribution in [0.3, 0.4) is 0 Å². The summed E-state index contributed by atoms with van der Waals surface area (Å²) in [6, 6.07) is 25.0. The molecule has 1 fully saturated rings. The van der Waals surface area contributed by atoms with Crippen molar-refractivity contribution in [2.45, 2.75) is 25.7 Å². The third kappa shape index (κ3) is 6.26. The van der Waals surface area contributed by atoms with E-state index in [1.807, 2.05) is 24.3 Å². The Labute approximate surface area is 255 Å². The van der Waals surface area contributed by atoms with E-state index in [-0.39, 0.29) is 12.5 Å². The zero-order valence-corrected chi connectivity index (χ0v) is 24.3. The van der Waals surface area contributed by atoms with Gasteiger partial charge in [-0.3, -0.25) is 19.7 Å². The molecular formula is C32H24ClFN4O4S. The van der Waals surface area contributed by atoms with Gasteiger partial charge in [-0.15, -0.1) is 0 Å². The number of ether oxygens (including phenoxy) is 1. The average molecular weight is 615 g/mol. The largest absolute Gasteiger partial charge is 0.349 e. The third-order valence-electron chi connectivity index (χ3n) is 6.99. The minimum atomic E-state index is -1.01. The fourth-order valence-corrected chi connectivity index (χ4v) is 5.59. The second kappa shape index (κ2) is 11.9. The van der Waals surface area contributed by atoms with Crippen molar-refractivity contribution in [3.8, 4) is 0 Å². The quantitative estimate of drug-likeness (QED) is 0.192. The van der Waals surface area contributed by atoms with Crippen LogP contribution in [0.2, 0.25) is 5.02 Å². The summed E-state index contributed by atoms with van der Waals surface area (Å²) >= 11 is 7.53. The van der Waals surface area contributed by atoms with Gasteiger partial charge in [0.2, 0.25) is 0 Å². The van der Waals surface area contributed by atoms with Crippen molar-refractivity contribution < 1.29 is 23.5 Å². The van der Waals surface area contributed by atoms with Gasteiger partial charge < -0.3 is 15.0 Å². The number of hydrogen-bond donors (Lipinski definition) is 2. The van der Waals surface area contributed by atoms with E-state index in [9.17, 15) is 18.8 Å². The van der Waals surface area contributed by atoms with Crippen molar-refractivity contribution in [3.05, 3.63) is 119 Å². The van der Waals surface area contributed by atoms with Gasteiger partial charge in [-0.25, -0.2) is 9.37 Å². The van der Waals surface area contributed by atoms with Gasteiger partial charge in [0.15, 0.2) is 17.3 Å². The van der Waals surface area contributed by atoms with Gasteiger partial charge in [-0.05, 0) is 78.7 Å². The van der Waals surface area contributed by atoms with Crippen molar-refractivity contribution in [1.82, 2.24) is 4.98 Å². The number of benzene rings is 4. The summed E-state index contributed by atoms with van der Waals surface area (Å²) in [6.45, 7) is 1.87. The molecule has 2 N–H and O–H groups in total. The van der Waals surface area contributed by atoms with Gasteiger partial charge in [0.25, 0.3) is 17.7 Å². The number of fused-ring (bicyclic) bond motifs is 1. The van der Waals surface area contributed by atoms with Crippen LogP contribution in [-0.2, 0) is 20.9 Å². The van der Waals surface area contributed by atoms with Gasteiger partial charge in [-0.2, -0.15) is 0 Å². The molecule has 1 aliphatic heterocycles. The van der Waals surface area contributed by atoms with Crippen LogP contribution >= 0.6 is 22.9 Å². The van der Waals surface area contributed by atoms with Crippen LogP contribution in [-0.4, -0.2) is 34.9 Å². The number of hydrogen-bond acceptors (Lipinski definition) is 6. The fourth-order valence-electron chi connectivity index (χ4n) is 4.56. The Morgan fingerprint density at radius 1 is 0.930 bits per heavy atom. The zero-order chi connectivity index (χ0) is 30.1. The van der Waals surface area contributed by atoms with E-state index >= 15 is 0 Å². The number of aromatic nitrogens is 1. The SMILES string of the molecule is Cc1c(Cl)cccc1NC(=O)C1OC1C(=O)N(Cc1ccc(F)cc1)c1ccc(C(=O)Nc2nc3ccccc3s2)cc1. The summed E-state index contributed by atoms with van der Waals surface area (Å²) in [5.74, 6) is -1.66.